The van der Waals surface area contributed by atoms with Crippen molar-refractivity contribution in [2.75, 3.05) is 12.8 Å². The third-order valence-electron chi connectivity index (χ3n) is 3.39. The lowest BCUT2D eigenvalue weighted by Gasteiger charge is -2.19. The fraction of sp³-hybridized carbons (Fsp3) is 0.278. The highest BCUT2D eigenvalue weighted by Crippen LogP contribution is 2.39. The van der Waals surface area contributed by atoms with Crippen molar-refractivity contribution in [2.45, 2.75) is 30.4 Å². The number of hydrogen-bond acceptors (Lipinski definition) is 4. The second kappa shape index (κ2) is 5.81. The summed E-state index contributed by atoms with van der Waals surface area (Å²) in [6.07, 6.45) is 3.96. The molecule has 2 N–H and O–H groups in total. The fourth-order valence-electron chi connectivity index (χ4n) is 2.46. The van der Waals surface area contributed by atoms with Gasteiger partial charge in [-0.2, -0.15) is 0 Å². The highest BCUT2D eigenvalue weighted by molar-refractivity contribution is 8.00. The minimum Gasteiger partial charge on any atom is -0.495 e. The standard InChI is InChI=1S/C18H21N3OS/c1-18(2,3)23-16-11-21-14(12-6-5-7-13(19)8-12)10-20-17(21)9-15(16)22-4/h5-11H,19H2,1-4H3. The lowest BCUT2D eigenvalue weighted by molar-refractivity contribution is 0.404. The van der Waals surface area contributed by atoms with Crippen LogP contribution in [-0.2, 0) is 0 Å². The lowest BCUT2D eigenvalue weighted by Crippen LogP contribution is -2.07. The molecule has 3 aromatic rings. The molecular formula is C18H21N3OS. The summed E-state index contributed by atoms with van der Waals surface area (Å²) in [5.41, 5.74) is 9.59. The number of methoxy groups -OCH3 is 1. The third kappa shape index (κ3) is 3.29. The maximum atomic E-state index is 5.91. The van der Waals surface area contributed by atoms with Crippen molar-refractivity contribution in [3.63, 3.8) is 0 Å². The first-order valence-electron chi connectivity index (χ1n) is 7.47. The van der Waals surface area contributed by atoms with Gasteiger partial charge >= 0.3 is 0 Å². The Labute approximate surface area is 140 Å². The molecule has 0 unspecified atom stereocenters. The van der Waals surface area contributed by atoms with Crippen LogP contribution in [0.2, 0.25) is 0 Å². The van der Waals surface area contributed by atoms with E-state index in [1.165, 1.54) is 0 Å². The highest BCUT2D eigenvalue weighted by Gasteiger charge is 2.18. The Hall–Kier alpha value is -2.14. The average molecular weight is 327 g/mol. The van der Waals surface area contributed by atoms with Crippen LogP contribution in [0.4, 0.5) is 5.69 Å². The van der Waals surface area contributed by atoms with Gasteiger partial charge in [-0.3, -0.25) is 4.40 Å². The molecule has 120 valence electrons. The molecule has 0 amide bonds. The Morgan fingerprint density at radius 1 is 1.22 bits per heavy atom. The molecule has 0 aliphatic carbocycles. The molecule has 2 aromatic heterocycles. The number of anilines is 1. The Bertz CT molecular complexity index is 849. The number of thioether (sulfide) groups is 1. The van der Waals surface area contributed by atoms with Crippen LogP contribution in [0.5, 0.6) is 5.75 Å². The molecule has 0 atom stereocenters. The molecular weight excluding hydrogens is 306 g/mol. The van der Waals surface area contributed by atoms with E-state index in [4.69, 9.17) is 10.5 Å². The summed E-state index contributed by atoms with van der Waals surface area (Å²) in [6.45, 7) is 6.57. The van der Waals surface area contributed by atoms with Gasteiger partial charge in [0.1, 0.15) is 11.4 Å². The molecule has 0 bridgehead atoms. The van der Waals surface area contributed by atoms with Crippen LogP contribution in [0.3, 0.4) is 0 Å². The number of fused-ring (bicyclic) bond motifs is 1. The largest absolute Gasteiger partial charge is 0.495 e. The first-order valence-corrected chi connectivity index (χ1v) is 8.29. The summed E-state index contributed by atoms with van der Waals surface area (Å²) in [4.78, 5) is 5.60. The fourth-order valence-corrected chi connectivity index (χ4v) is 3.53. The van der Waals surface area contributed by atoms with Crippen molar-refractivity contribution >= 4 is 23.1 Å². The van der Waals surface area contributed by atoms with Gasteiger partial charge in [0.15, 0.2) is 0 Å². The Kier molecular flexibility index (Phi) is 3.98. The summed E-state index contributed by atoms with van der Waals surface area (Å²) in [6, 6.07) is 9.82. The molecule has 23 heavy (non-hydrogen) atoms. The van der Waals surface area contributed by atoms with Crippen LogP contribution in [0.15, 0.2) is 47.6 Å². The van der Waals surface area contributed by atoms with Crippen LogP contribution < -0.4 is 10.5 Å². The average Bonchev–Trinajstić information content (AvgIpc) is 2.87. The number of imidazole rings is 1. The molecule has 1 aromatic carbocycles. The number of pyridine rings is 1. The van der Waals surface area contributed by atoms with Crippen molar-refractivity contribution in [1.82, 2.24) is 9.38 Å². The lowest BCUT2D eigenvalue weighted by atomic mass is 10.1. The van der Waals surface area contributed by atoms with E-state index in [1.807, 2.05) is 36.5 Å². The van der Waals surface area contributed by atoms with E-state index in [-0.39, 0.29) is 4.75 Å². The van der Waals surface area contributed by atoms with Crippen LogP contribution in [0, 0.1) is 0 Å². The normalized spacial score (nSPS) is 11.8. The van der Waals surface area contributed by atoms with Crippen LogP contribution >= 0.6 is 11.8 Å². The monoisotopic (exact) mass is 327 g/mol. The van der Waals surface area contributed by atoms with Crippen molar-refractivity contribution in [3.05, 3.63) is 42.7 Å². The number of rotatable bonds is 3. The third-order valence-corrected chi connectivity index (χ3v) is 4.53. The molecule has 4 nitrogen and oxygen atoms in total. The predicted octanol–water partition coefficient (Wildman–Crippen LogP) is 4.48. The van der Waals surface area contributed by atoms with Gasteiger partial charge in [-0.05, 0) is 12.1 Å². The first kappa shape index (κ1) is 15.7. The van der Waals surface area contributed by atoms with E-state index in [1.54, 1.807) is 18.9 Å². The van der Waals surface area contributed by atoms with Gasteiger partial charge in [-0.15, -0.1) is 11.8 Å². The maximum Gasteiger partial charge on any atom is 0.140 e. The van der Waals surface area contributed by atoms with Crippen molar-refractivity contribution in [1.29, 1.82) is 0 Å². The van der Waals surface area contributed by atoms with E-state index >= 15 is 0 Å². The number of nitrogens with two attached hydrogens (primary N) is 1. The van der Waals surface area contributed by atoms with Crippen molar-refractivity contribution in [3.8, 4) is 17.0 Å². The van der Waals surface area contributed by atoms with Gasteiger partial charge in [0, 0.05) is 28.3 Å². The molecule has 0 saturated carbocycles. The molecule has 0 aliphatic rings. The SMILES string of the molecule is COc1cc2ncc(-c3cccc(N)c3)n2cc1SC(C)(C)C. The predicted molar refractivity (Wildman–Crippen MR) is 97.2 cm³/mol. The topological polar surface area (TPSA) is 52.5 Å². The Morgan fingerprint density at radius 3 is 2.65 bits per heavy atom. The maximum absolute atomic E-state index is 5.91. The number of benzene rings is 1. The zero-order chi connectivity index (χ0) is 16.6. The van der Waals surface area contributed by atoms with E-state index in [0.29, 0.717) is 0 Å². The second-order valence-electron chi connectivity index (χ2n) is 6.42. The summed E-state index contributed by atoms with van der Waals surface area (Å²) in [5, 5.41) is 0. The molecule has 0 aliphatic heterocycles. The van der Waals surface area contributed by atoms with Crippen LogP contribution in [-0.4, -0.2) is 21.2 Å². The molecule has 0 fully saturated rings. The molecule has 0 radical (unpaired) electrons. The van der Waals surface area contributed by atoms with Gasteiger partial charge in [0.25, 0.3) is 0 Å². The van der Waals surface area contributed by atoms with E-state index in [2.05, 4.69) is 36.4 Å². The number of nitrogen functional groups attached to an aromatic ring is 1. The van der Waals surface area contributed by atoms with E-state index < -0.39 is 0 Å². The van der Waals surface area contributed by atoms with Crippen LogP contribution in [0.25, 0.3) is 16.9 Å². The van der Waals surface area contributed by atoms with Gasteiger partial charge in [0.2, 0.25) is 0 Å². The number of aromatic nitrogens is 2. The smallest absolute Gasteiger partial charge is 0.140 e. The number of hydrogen-bond donors (Lipinski definition) is 1. The highest BCUT2D eigenvalue weighted by atomic mass is 32.2. The molecule has 3 rings (SSSR count). The van der Waals surface area contributed by atoms with Gasteiger partial charge in [-0.1, -0.05) is 32.9 Å². The summed E-state index contributed by atoms with van der Waals surface area (Å²) < 4.78 is 7.72. The zero-order valence-corrected chi connectivity index (χ0v) is 14.6. The quantitative estimate of drug-likeness (QED) is 0.569. The van der Waals surface area contributed by atoms with Gasteiger partial charge in [0.05, 0.1) is 23.9 Å². The Balaban J connectivity index is 2.17. The molecule has 5 heteroatoms. The second-order valence-corrected chi connectivity index (χ2v) is 8.29. The zero-order valence-electron chi connectivity index (χ0n) is 13.8. The van der Waals surface area contributed by atoms with E-state index in [0.717, 1.165) is 33.2 Å². The summed E-state index contributed by atoms with van der Waals surface area (Å²) in [5.74, 6) is 0.849. The number of ether oxygens (including phenoxy) is 1. The van der Waals surface area contributed by atoms with Gasteiger partial charge < -0.3 is 10.5 Å². The number of nitrogens with zero attached hydrogens (tertiary/aromatic N) is 2. The minimum atomic E-state index is 0.0961. The van der Waals surface area contributed by atoms with Gasteiger partial charge in [-0.25, -0.2) is 4.98 Å². The van der Waals surface area contributed by atoms with Crippen molar-refractivity contribution < 1.29 is 4.74 Å². The minimum absolute atomic E-state index is 0.0961. The van der Waals surface area contributed by atoms with E-state index in [9.17, 15) is 0 Å². The summed E-state index contributed by atoms with van der Waals surface area (Å²) >= 11 is 1.78. The molecule has 0 saturated heterocycles. The molecule has 2 heterocycles. The van der Waals surface area contributed by atoms with Crippen molar-refractivity contribution in [2.24, 2.45) is 0 Å². The van der Waals surface area contributed by atoms with Crippen LogP contribution in [0.1, 0.15) is 20.8 Å². The summed E-state index contributed by atoms with van der Waals surface area (Å²) in [7, 11) is 1.69. The first-order chi connectivity index (χ1) is 10.9. The molecule has 0 spiro atoms. The Morgan fingerprint density at radius 2 is 2.00 bits per heavy atom.